The predicted octanol–water partition coefficient (Wildman–Crippen LogP) is 2.71. The fourth-order valence-electron chi connectivity index (χ4n) is 3.50. The Morgan fingerprint density at radius 3 is 2.30 bits per heavy atom. The zero-order valence-corrected chi connectivity index (χ0v) is 20.7. The van der Waals surface area contributed by atoms with Crippen molar-refractivity contribution >= 4 is 27.5 Å². The molecule has 2 amide bonds. The Morgan fingerprint density at radius 1 is 1.09 bits per heavy atom. The van der Waals surface area contributed by atoms with E-state index in [0.29, 0.717) is 11.4 Å². The second-order valence-electron chi connectivity index (χ2n) is 7.91. The van der Waals surface area contributed by atoms with Crippen LogP contribution in [0.1, 0.15) is 30.9 Å². The highest BCUT2D eigenvalue weighted by atomic mass is 32.2. The number of likely N-dealkylation sites (N-methyl/N-ethyl adjacent to an activating group) is 1. The van der Waals surface area contributed by atoms with Crippen molar-refractivity contribution in [3.05, 3.63) is 59.7 Å². The maximum absolute atomic E-state index is 13.1. The van der Waals surface area contributed by atoms with Crippen LogP contribution in [0.5, 0.6) is 5.75 Å². The Bertz CT molecular complexity index is 1050. The summed E-state index contributed by atoms with van der Waals surface area (Å²) in [5, 5.41) is 2.59. The fourth-order valence-corrected chi connectivity index (χ4v) is 4.47. The predicted molar refractivity (Wildman–Crippen MR) is 130 cm³/mol. The third-order valence-corrected chi connectivity index (χ3v) is 6.57. The quantitative estimate of drug-likeness (QED) is 0.539. The summed E-state index contributed by atoms with van der Waals surface area (Å²) in [6.45, 7) is 4.06. The van der Waals surface area contributed by atoms with Gasteiger partial charge in [-0.15, -0.1) is 0 Å². The Morgan fingerprint density at radius 2 is 1.73 bits per heavy atom. The minimum Gasteiger partial charge on any atom is -0.495 e. The van der Waals surface area contributed by atoms with Gasteiger partial charge < -0.3 is 15.0 Å². The molecule has 0 radical (unpaired) electrons. The normalized spacial score (nSPS) is 12.0. The smallest absolute Gasteiger partial charge is 0.242 e. The van der Waals surface area contributed by atoms with Crippen LogP contribution in [0, 0.1) is 6.92 Å². The molecule has 0 unspecified atom stereocenters. The number of nitrogens with zero attached hydrogens (tertiary/aromatic N) is 2. The average molecular weight is 476 g/mol. The summed E-state index contributed by atoms with van der Waals surface area (Å²) >= 11 is 0. The first kappa shape index (κ1) is 26.2. The molecule has 9 heteroatoms. The SMILES string of the molecule is CNC(=O)[C@H](C)N(Cc1ccc(C)cc1)C(=O)CCCN(c1ccccc1OC)S(C)(=O)=O. The average Bonchev–Trinajstić information content (AvgIpc) is 2.79. The molecule has 0 saturated carbocycles. The summed E-state index contributed by atoms with van der Waals surface area (Å²) in [6, 6.07) is 14.0. The second kappa shape index (κ2) is 11.7. The largest absolute Gasteiger partial charge is 0.495 e. The highest BCUT2D eigenvalue weighted by Gasteiger charge is 2.26. The minimum absolute atomic E-state index is 0.0916. The lowest BCUT2D eigenvalue weighted by Gasteiger charge is -2.29. The molecule has 2 aromatic rings. The van der Waals surface area contributed by atoms with Gasteiger partial charge in [0.05, 0.1) is 19.1 Å². The van der Waals surface area contributed by atoms with Gasteiger partial charge in [0.1, 0.15) is 11.8 Å². The van der Waals surface area contributed by atoms with Crippen LogP contribution < -0.4 is 14.4 Å². The topological polar surface area (TPSA) is 96.0 Å². The van der Waals surface area contributed by atoms with Crippen molar-refractivity contribution in [2.75, 3.05) is 31.3 Å². The van der Waals surface area contributed by atoms with E-state index in [4.69, 9.17) is 4.74 Å². The van der Waals surface area contributed by atoms with Crippen molar-refractivity contribution in [2.45, 2.75) is 39.3 Å². The molecule has 1 atom stereocenters. The van der Waals surface area contributed by atoms with Crippen molar-refractivity contribution in [2.24, 2.45) is 0 Å². The number of carbonyl (C=O) groups excluding carboxylic acids is 2. The molecule has 0 aliphatic heterocycles. The molecule has 0 aliphatic rings. The van der Waals surface area contributed by atoms with Gasteiger partial charge in [0.2, 0.25) is 21.8 Å². The second-order valence-corrected chi connectivity index (χ2v) is 9.81. The summed E-state index contributed by atoms with van der Waals surface area (Å²) in [7, 11) is -0.580. The highest BCUT2D eigenvalue weighted by Crippen LogP contribution is 2.29. The van der Waals surface area contributed by atoms with Crippen molar-refractivity contribution in [1.29, 1.82) is 0 Å². The molecule has 8 nitrogen and oxygen atoms in total. The molecule has 0 bridgehead atoms. The van der Waals surface area contributed by atoms with E-state index in [1.807, 2.05) is 31.2 Å². The highest BCUT2D eigenvalue weighted by molar-refractivity contribution is 7.92. The van der Waals surface area contributed by atoms with Crippen LogP contribution in [0.2, 0.25) is 0 Å². The maximum atomic E-state index is 13.1. The van der Waals surface area contributed by atoms with Crippen LogP contribution in [0.25, 0.3) is 0 Å². The van der Waals surface area contributed by atoms with Gasteiger partial charge in [-0.25, -0.2) is 8.42 Å². The summed E-state index contributed by atoms with van der Waals surface area (Å²) in [5.74, 6) is -0.0501. The van der Waals surface area contributed by atoms with Gasteiger partial charge in [-0.3, -0.25) is 13.9 Å². The molecule has 0 saturated heterocycles. The van der Waals surface area contributed by atoms with E-state index in [1.165, 1.54) is 23.4 Å². The molecule has 33 heavy (non-hydrogen) atoms. The number of methoxy groups -OCH3 is 1. The summed E-state index contributed by atoms with van der Waals surface area (Å²) in [6.07, 6.45) is 1.50. The number of hydrogen-bond donors (Lipinski definition) is 1. The Kier molecular flexibility index (Phi) is 9.28. The summed E-state index contributed by atoms with van der Waals surface area (Å²) in [4.78, 5) is 26.9. The Labute approximate surface area is 196 Å². The monoisotopic (exact) mass is 475 g/mol. The van der Waals surface area contributed by atoms with Gasteiger partial charge in [-0.05, 0) is 38.0 Å². The number of rotatable bonds is 11. The zero-order valence-electron chi connectivity index (χ0n) is 19.9. The number of nitrogens with one attached hydrogen (secondary N) is 1. The lowest BCUT2D eigenvalue weighted by molar-refractivity contribution is -0.140. The summed E-state index contributed by atoms with van der Waals surface area (Å²) < 4.78 is 31.4. The number of anilines is 1. The molecule has 0 aromatic heterocycles. The van der Waals surface area contributed by atoms with E-state index in [1.54, 1.807) is 31.2 Å². The van der Waals surface area contributed by atoms with Crippen LogP contribution >= 0.6 is 0 Å². The maximum Gasteiger partial charge on any atom is 0.242 e. The van der Waals surface area contributed by atoms with E-state index in [2.05, 4.69) is 5.32 Å². The van der Waals surface area contributed by atoms with E-state index in [0.717, 1.165) is 17.4 Å². The fraction of sp³-hybridized carbons (Fsp3) is 0.417. The number of carbonyl (C=O) groups is 2. The van der Waals surface area contributed by atoms with Crippen LogP contribution in [-0.4, -0.2) is 58.1 Å². The van der Waals surface area contributed by atoms with Crippen LogP contribution in [-0.2, 0) is 26.2 Å². The van der Waals surface area contributed by atoms with Gasteiger partial charge in [0.15, 0.2) is 0 Å². The third-order valence-electron chi connectivity index (χ3n) is 5.39. The third kappa shape index (κ3) is 7.21. The van der Waals surface area contributed by atoms with Crippen LogP contribution in [0.15, 0.2) is 48.5 Å². The van der Waals surface area contributed by atoms with E-state index >= 15 is 0 Å². The van der Waals surface area contributed by atoms with Crippen molar-refractivity contribution < 1.29 is 22.7 Å². The molecule has 2 aromatic carbocycles. The molecule has 1 N–H and O–H groups in total. The van der Waals surface area contributed by atoms with Crippen LogP contribution in [0.3, 0.4) is 0 Å². The molecular formula is C24H33N3O5S. The standard InChI is InChI=1S/C24H33N3O5S/c1-18-12-14-20(15-13-18)17-26(19(2)24(29)25-3)23(28)11-8-16-27(33(5,30)31)21-9-6-7-10-22(21)32-4/h6-7,9-10,12-15,19H,8,11,16-17H2,1-5H3,(H,25,29)/t19-/m0/s1. The number of sulfonamides is 1. The number of benzene rings is 2. The lowest BCUT2D eigenvalue weighted by atomic mass is 10.1. The van der Waals surface area contributed by atoms with Crippen molar-refractivity contribution in [3.8, 4) is 5.75 Å². The first-order valence-electron chi connectivity index (χ1n) is 10.8. The minimum atomic E-state index is -3.59. The van der Waals surface area contributed by atoms with Crippen LogP contribution in [0.4, 0.5) is 5.69 Å². The van der Waals surface area contributed by atoms with Gasteiger partial charge >= 0.3 is 0 Å². The number of ether oxygens (including phenoxy) is 1. The number of aryl methyl sites for hydroxylation is 1. The Hall–Kier alpha value is -3.07. The van der Waals surface area contributed by atoms with Gasteiger partial charge in [0.25, 0.3) is 0 Å². The van der Waals surface area contributed by atoms with Gasteiger partial charge in [-0.1, -0.05) is 42.0 Å². The molecule has 0 aliphatic carbocycles. The van der Waals surface area contributed by atoms with E-state index in [-0.39, 0.29) is 37.7 Å². The first-order valence-corrected chi connectivity index (χ1v) is 12.6. The number of amides is 2. The van der Waals surface area contributed by atoms with Crippen molar-refractivity contribution in [1.82, 2.24) is 10.2 Å². The lowest BCUT2D eigenvalue weighted by Crippen LogP contribution is -2.46. The Balaban J connectivity index is 2.16. The number of para-hydroxylation sites is 2. The zero-order chi connectivity index (χ0) is 24.6. The molecular weight excluding hydrogens is 442 g/mol. The van der Waals surface area contributed by atoms with Crippen molar-refractivity contribution in [3.63, 3.8) is 0 Å². The van der Waals surface area contributed by atoms with E-state index < -0.39 is 16.1 Å². The molecule has 0 fully saturated rings. The molecule has 180 valence electrons. The molecule has 2 rings (SSSR count). The molecule has 0 spiro atoms. The van der Waals surface area contributed by atoms with Gasteiger partial charge in [-0.2, -0.15) is 0 Å². The van der Waals surface area contributed by atoms with Gasteiger partial charge in [0, 0.05) is 26.6 Å². The van der Waals surface area contributed by atoms with E-state index in [9.17, 15) is 18.0 Å². The number of hydrogen-bond acceptors (Lipinski definition) is 5. The first-order chi connectivity index (χ1) is 15.6. The summed E-state index contributed by atoms with van der Waals surface area (Å²) in [5.41, 5.74) is 2.44. The molecule has 0 heterocycles.